The lowest BCUT2D eigenvalue weighted by Crippen LogP contribution is -2.32. The minimum Gasteiger partial charge on any atom is -0.354 e. The first-order chi connectivity index (χ1) is 15.9. The Hall–Kier alpha value is -3.98. The van der Waals surface area contributed by atoms with Gasteiger partial charge in [-0.3, -0.25) is 14.8 Å². The molecule has 168 valence electrons. The highest BCUT2D eigenvalue weighted by Gasteiger charge is 2.16. The van der Waals surface area contributed by atoms with Gasteiger partial charge in [0.05, 0.1) is 11.3 Å². The molecule has 0 aliphatic heterocycles. The van der Waals surface area contributed by atoms with E-state index in [9.17, 15) is 18.0 Å². The van der Waals surface area contributed by atoms with Crippen LogP contribution >= 0.6 is 0 Å². The minimum absolute atomic E-state index is 0.193. The molecule has 9 heteroatoms. The van der Waals surface area contributed by atoms with Crippen LogP contribution < -0.4 is 16.6 Å². The first-order valence-corrected chi connectivity index (χ1v) is 10.1. The number of anilines is 1. The van der Waals surface area contributed by atoms with Crippen molar-refractivity contribution in [3.8, 4) is 22.4 Å². The zero-order valence-corrected chi connectivity index (χ0v) is 17.4. The first kappa shape index (κ1) is 22.2. The molecule has 1 atom stereocenters. The molecule has 0 amide bonds. The van der Waals surface area contributed by atoms with Gasteiger partial charge in [0.15, 0.2) is 11.6 Å². The second kappa shape index (κ2) is 9.66. The number of benzene rings is 2. The lowest BCUT2D eigenvalue weighted by Gasteiger charge is -2.15. The van der Waals surface area contributed by atoms with Gasteiger partial charge in [-0.1, -0.05) is 18.2 Å². The van der Waals surface area contributed by atoms with E-state index in [0.29, 0.717) is 28.8 Å². The molecule has 6 nitrogen and oxygen atoms in total. The third-order valence-electron chi connectivity index (χ3n) is 5.02. The fourth-order valence-corrected chi connectivity index (χ4v) is 3.43. The van der Waals surface area contributed by atoms with Crippen molar-refractivity contribution in [2.24, 2.45) is 5.73 Å². The zero-order valence-electron chi connectivity index (χ0n) is 17.4. The average molecular weight is 451 g/mol. The van der Waals surface area contributed by atoms with E-state index in [2.05, 4.69) is 20.3 Å². The van der Waals surface area contributed by atoms with Gasteiger partial charge in [0, 0.05) is 30.5 Å². The molecule has 0 saturated heterocycles. The van der Waals surface area contributed by atoms with Crippen LogP contribution in [0.4, 0.5) is 19.1 Å². The summed E-state index contributed by atoms with van der Waals surface area (Å²) in [6, 6.07) is 12.2. The number of nitrogens with zero attached hydrogens (tertiary/aromatic N) is 2. The molecule has 4 rings (SSSR count). The van der Waals surface area contributed by atoms with Crippen molar-refractivity contribution in [1.29, 1.82) is 0 Å². The molecule has 2 heterocycles. The predicted octanol–water partition coefficient (Wildman–Crippen LogP) is 3.90. The van der Waals surface area contributed by atoms with Crippen molar-refractivity contribution in [3.05, 3.63) is 100 Å². The molecule has 1 unspecified atom stereocenters. The highest BCUT2D eigenvalue weighted by atomic mass is 19.2. The number of nitrogens with two attached hydrogens (primary N) is 1. The summed E-state index contributed by atoms with van der Waals surface area (Å²) < 4.78 is 39.9. The van der Waals surface area contributed by atoms with Crippen LogP contribution in [0, 0.1) is 17.5 Å². The van der Waals surface area contributed by atoms with Crippen molar-refractivity contribution in [3.63, 3.8) is 0 Å². The first-order valence-electron chi connectivity index (χ1n) is 10.1. The van der Waals surface area contributed by atoms with Crippen molar-refractivity contribution in [1.82, 2.24) is 15.0 Å². The van der Waals surface area contributed by atoms with Crippen LogP contribution in [0.25, 0.3) is 22.4 Å². The van der Waals surface area contributed by atoms with Crippen molar-refractivity contribution in [2.75, 3.05) is 11.9 Å². The normalized spacial score (nSPS) is 11.9. The van der Waals surface area contributed by atoms with Gasteiger partial charge in [0.25, 0.3) is 5.56 Å². The summed E-state index contributed by atoms with van der Waals surface area (Å²) in [7, 11) is 0. The van der Waals surface area contributed by atoms with Gasteiger partial charge >= 0.3 is 0 Å². The molecular weight excluding hydrogens is 431 g/mol. The molecule has 0 fully saturated rings. The van der Waals surface area contributed by atoms with Crippen LogP contribution in [0.5, 0.6) is 0 Å². The zero-order chi connectivity index (χ0) is 23.4. The number of rotatable bonds is 7. The van der Waals surface area contributed by atoms with Crippen LogP contribution in [0.1, 0.15) is 5.56 Å². The van der Waals surface area contributed by atoms with Gasteiger partial charge in [-0.05, 0) is 53.9 Å². The highest BCUT2D eigenvalue weighted by molar-refractivity contribution is 5.80. The van der Waals surface area contributed by atoms with E-state index in [0.717, 1.165) is 12.1 Å². The number of pyridine rings is 1. The minimum atomic E-state index is -0.933. The summed E-state index contributed by atoms with van der Waals surface area (Å²) in [5.74, 6) is -2.07. The predicted molar refractivity (Wildman–Crippen MR) is 120 cm³/mol. The molecule has 2 aromatic carbocycles. The van der Waals surface area contributed by atoms with Crippen molar-refractivity contribution < 1.29 is 13.2 Å². The van der Waals surface area contributed by atoms with E-state index in [1.807, 2.05) is 0 Å². The second-order valence-corrected chi connectivity index (χ2v) is 7.47. The molecule has 0 aliphatic rings. The summed E-state index contributed by atoms with van der Waals surface area (Å²) in [6.45, 7) is 0.216. The monoisotopic (exact) mass is 451 g/mol. The lowest BCUT2D eigenvalue weighted by molar-refractivity contribution is 0.506. The van der Waals surface area contributed by atoms with Crippen LogP contribution in [0.3, 0.4) is 0 Å². The number of hydrogen-bond acceptors (Lipinski definition) is 5. The maximum Gasteiger partial charge on any atom is 0.260 e. The summed E-state index contributed by atoms with van der Waals surface area (Å²) >= 11 is 0. The molecule has 0 radical (unpaired) electrons. The maximum atomic E-state index is 13.4. The van der Waals surface area contributed by atoms with E-state index < -0.39 is 29.1 Å². The molecule has 4 N–H and O–H groups in total. The molecule has 0 bridgehead atoms. The molecule has 4 aromatic rings. The third-order valence-corrected chi connectivity index (χ3v) is 5.02. The standard InChI is InChI=1S/C24H20F3N5O/c25-17-4-2-15(3-5-17)21-22(16-7-9-29-10-8-16)31-24(32-23(21)33)30-13-18(28)11-14-1-6-19(26)20(27)12-14/h1-10,12,18H,11,13,28H2,(H2,30,31,32,33). The number of aromatic amines is 1. The number of halogens is 3. The third kappa shape index (κ3) is 5.27. The lowest BCUT2D eigenvalue weighted by atomic mass is 10.0. The van der Waals surface area contributed by atoms with Crippen molar-refractivity contribution >= 4 is 5.95 Å². The smallest absolute Gasteiger partial charge is 0.260 e. The number of aromatic nitrogens is 3. The Balaban J connectivity index is 1.60. The second-order valence-electron chi connectivity index (χ2n) is 7.47. The van der Waals surface area contributed by atoms with Crippen LogP contribution in [-0.4, -0.2) is 27.5 Å². The quantitative estimate of drug-likeness (QED) is 0.396. The largest absolute Gasteiger partial charge is 0.354 e. The Morgan fingerprint density at radius 1 is 0.939 bits per heavy atom. The average Bonchev–Trinajstić information content (AvgIpc) is 2.81. The molecule has 33 heavy (non-hydrogen) atoms. The Morgan fingerprint density at radius 3 is 2.36 bits per heavy atom. The Morgan fingerprint density at radius 2 is 1.67 bits per heavy atom. The summed E-state index contributed by atoms with van der Waals surface area (Å²) in [5.41, 5.74) is 8.11. The fraction of sp³-hybridized carbons (Fsp3) is 0.125. The van der Waals surface area contributed by atoms with Gasteiger partial charge in [0.2, 0.25) is 5.95 Å². The summed E-state index contributed by atoms with van der Waals surface area (Å²) in [5, 5.41) is 2.99. The van der Waals surface area contributed by atoms with Crippen LogP contribution in [0.15, 0.2) is 71.8 Å². The summed E-state index contributed by atoms with van der Waals surface area (Å²) in [6.07, 6.45) is 3.45. The van der Waals surface area contributed by atoms with Gasteiger partial charge in [-0.15, -0.1) is 0 Å². The number of nitrogens with one attached hydrogen (secondary N) is 2. The molecular formula is C24H20F3N5O. The molecule has 0 aliphatic carbocycles. The number of hydrogen-bond donors (Lipinski definition) is 3. The highest BCUT2D eigenvalue weighted by Crippen LogP contribution is 2.28. The number of H-pyrrole nitrogens is 1. The molecule has 2 aromatic heterocycles. The van der Waals surface area contributed by atoms with Crippen LogP contribution in [0.2, 0.25) is 0 Å². The van der Waals surface area contributed by atoms with E-state index in [-0.39, 0.29) is 18.1 Å². The molecule has 0 spiro atoms. The maximum absolute atomic E-state index is 13.4. The Kier molecular flexibility index (Phi) is 6.50. The topological polar surface area (TPSA) is 96.7 Å². The van der Waals surface area contributed by atoms with E-state index in [1.165, 1.54) is 30.3 Å². The van der Waals surface area contributed by atoms with Gasteiger partial charge in [-0.25, -0.2) is 18.2 Å². The van der Waals surface area contributed by atoms with E-state index in [4.69, 9.17) is 5.73 Å². The van der Waals surface area contributed by atoms with E-state index >= 15 is 0 Å². The van der Waals surface area contributed by atoms with Gasteiger partial charge < -0.3 is 11.1 Å². The van der Waals surface area contributed by atoms with E-state index in [1.54, 1.807) is 24.5 Å². The van der Waals surface area contributed by atoms with Gasteiger partial charge in [0.1, 0.15) is 5.82 Å². The SMILES string of the molecule is NC(CNc1nc(-c2ccncc2)c(-c2ccc(F)cc2)c(=O)[nH]1)Cc1ccc(F)c(F)c1. The van der Waals surface area contributed by atoms with Crippen molar-refractivity contribution in [2.45, 2.75) is 12.5 Å². The fourth-order valence-electron chi connectivity index (χ4n) is 3.43. The van der Waals surface area contributed by atoms with Crippen LogP contribution in [-0.2, 0) is 6.42 Å². The summed E-state index contributed by atoms with van der Waals surface area (Å²) in [4.78, 5) is 24.2. The Labute approximate surface area is 187 Å². The Bertz CT molecular complexity index is 1310. The van der Waals surface area contributed by atoms with Gasteiger partial charge in [-0.2, -0.15) is 0 Å². The molecule has 0 saturated carbocycles.